The number of likely N-dealkylation sites (tertiary alicyclic amines) is 1. The zero-order valence-electron chi connectivity index (χ0n) is 13.3. The maximum absolute atomic E-state index is 11.9. The Labute approximate surface area is 130 Å². The van der Waals surface area contributed by atoms with Crippen LogP contribution in [0.4, 0.5) is 0 Å². The van der Waals surface area contributed by atoms with E-state index < -0.39 is 0 Å². The first-order valence-corrected chi connectivity index (χ1v) is 7.66. The lowest BCUT2D eigenvalue weighted by molar-refractivity contribution is -0.122. The fraction of sp³-hybridized carbons (Fsp3) is 0.786. The molecule has 8 nitrogen and oxygen atoms in total. The Morgan fingerprint density at radius 3 is 2.86 bits per heavy atom. The van der Waals surface area contributed by atoms with Crippen molar-refractivity contribution in [3.8, 4) is 0 Å². The number of likely N-dealkylation sites (N-methyl/N-ethyl adjacent to an activating group) is 1. The number of piperidine rings is 1. The van der Waals surface area contributed by atoms with Gasteiger partial charge in [0.25, 0.3) is 5.89 Å². The highest BCUT2D eigenvalue weighted by atomic mass is 16.5. The Kier molecular flexibility index (Phi) is 6.29. The molecule has 0 atom stereocenters. The van der Waals surface area contributed by atoms with E-state index in [-0.39, 0.29) is 18.4 Å². The molecule has 0 spiro atoms. The summed E-state index contributed by atoms with van der Waals surface area (Å²) in [5.41, 5.74) is 0. The summed E-state index contributed by atoms with van der Waals surface area (Å²) in [4.78, 5) is 20.4. The molecule has 0 aromatic carbocycles. The summed E-state index contributed by atoms with van der Waals surface area (Å²) in [6.45, 7) is 2.77. The summed E-state index contributed by atoms with van der Waals surface area (Å²) >= 11 is 0. The van der Waals surface area contributed by atoms with E-state index in [9.17, 15) is 4.79 Å². The van der Waals surface area contributed by atoms with E-state index in [0.717, 1.165) is 25.9 Å². The molecule has 8 heteroatoms. The van der Waals surface area contributed by atoms with Crippen molar-refractivity contribution in [2.45, 2.75) is 31.9 Å². The maximum Gasteiger partial charge on any atom is 0.252 e. The summed E-state index contributed by atoms with van der Waals surface area (Å²) in [6, 6.07) is 0.478. The number of aliphatic hydroxyl groups is 1. The Morgan fingerprint density at radius 2 is 2.23 bits per heavy atom. The molecule has 22 heavy (non-hydrogen) atoms. The second-order valence-corrected chi connectivity index (χ2v) is 5.81. The van der Waals surface area contributed by atoms with Gasteiger partial charge in [0.05, 0.1) is 6.54 Å². The van der Waals surface area contributed by atoms with Crippen LogP contribution in [-0.2, 0) is 17.8 Å². The van der Waals surface area contributed by atoms with Crippen molar-refractivity contribution >= 4 is 5.91 Å². The third-order valence-electron chi connectivity index (χ3n) is 4.02. The van der Waals surface area contributed by atoms with Crippen LogP contribution in [0, 0.1) is 0 Å². The largest absolute Gasteiger partial charge is 0.387 e. The molecule has 0 unspecified atom stereocenters. The topological polar surface area (TPSA) is 94.7 Å². The second kappa shape index (κ2) is 8.21. The number of aliphatic hydroxyl groups excluding tert-OH is 1. The predicted molar refractivity (Wildman–Crippen MR) is 80.1 cm³/mol. The Bertz CT molecular complexity index is 471. The molecular formula is C14H25N5O3. The smallest absolute Gasteiger partial charge is 0.252 e. The zero-order valence-corrected chi connectivity index (χ0v) is 13.3. The summed E-state index contributed by atoms with van der Waals surface area (Å²) in [5.74, 6) is 0.698. The van der Waals surface area contributed by atoms with Crippen molar-refractivity contribution in [3.63, 3.8) is 0 Å². The SMILES string of the molecule is CN1CCC(N(C)CC(=O)NCCc2noc(CO)n2)CC1. The molecule has 2 heterocycles. The highest BCUT2D eigenvalue weighted by Crippen LogP contribution is 2.13. The number of nitrogens with one attached hydrogen (secondary N) is 1. The summed E-state index contributed by atoms with van der Waals surface area (Å²) in [6.07, 6.45) is 2.70. The van der Waals surface area contributed by atoms with Crippen molar-refractivity contribution in [3.05, 3.63) is 11.7 Å². The van der Waals surface area contributed by atoms with E-state index in [4.69, 9.17) is 9.63 Å². The van der Waals surface area contributed by atoms with Crippen molar-refractivity contribution in [1.82, 2.24) is 25.3 Å². The molecule has 0 bridgehead atoms. The van der Waals surface area contributed by atoms with Crippen LogP contribution in [0.2, 0.25) is 0 Å². The van der Waals surface area contributed by atoms with Crippen LogP contribution in [0.25, 0.3) is 0 Å². The van der Waals surface area contributed by atoms with Gasteiger partial charge in [-0.05, 0) is 40.0 Å². The van der Waals surface area contributed by atoms with Crippen molar-refractivity contribution in [1.29, 1.82) is 0 Å². The van der Waals surface area contributed by atoms with Crippen molar-refractivity contribution < 1.29 is 14.4 Å². The van der Waals surface area contributed by atoms with Gasteiger partial charge in [-0.2, -0.15) is 4.98 Å². The molecule has 1 fully saturated rings. The summed E-state index contributed by atoms with van der Waals surface area (Å²) in [7, 11) is 4.13. The van der Waals surface area contributed by atoms with Gasteiger partial charge in [-0.3, -0.25) is 9.69 Å². The van der Waals surface area contributed by atoms with E-state index in [0.29, 0.717) is 31.4 Å². The van der Waals surface area contributed by atoms with Gasteiger partial charge in [-0.15, -0.1) is 0 Å². The highest BCUT2D eigenvalue weighted by Gasteiger charge is 2.21. The van der Waals surface area contributed by atoms with E-state index in [1.54, 1.807) is 0 Å². The zero-order chi connectivity index (χ0) is 15.9. The fourth-order valence-corrected chi connectivity index (χ4v) is 2.62. The first kappa shape index (κ1) is 16.9. The van der Waals surface area contributed by atoms with Gasteiger partial charge in [-0.1, -0.05) is 5.16 Å². The van der Waals surface area contributed by atoms with Crippen LogP contribution in [0.3, 0.4) is 0 Å². The second-order valence-electron chi connectivity index (χ2n) is 5.81. The van der Waals surface area contributed by atoms with Crippen LogP contribution in [0.5, 0.6) is 0 Å². The lowest BCUT2D eigenvalue weighted by Gasteiger charge is -2.34. The third kappa shape index (κ3) is 5.04. The average molecular weight is 311 g/mol. The van der Waals surface area contributed by atoms with Crippen LogP contribution in [0.1, 0.15) is 24.6 Å². The minimum absolute atomic E-state index is 0.00676. The first-order valence-electron chi connectivity index (χ1n) is 7.66. The van der Waals surface area contributed by atoms with Crippen LogP contribution >= 0.6 is 0 Å². The normalized spacial score (nSPS) is 17.1. The number of hydrogen-bond acceptors (Lipinski definition) is 7. The molecular weight excluding hydrogens is 286 g/mol. The first-order chi connectivity index (χ1) is 10.6. The molecule has 1 aliphatic rings. The van der Waals surface area contributed by atoms with Gasteiger partial charge in [0.1, 0.15) is 6.61 Å². The highest BCUT2D eigenvalue weighted by molar-refractivity contribution is 5.78. The van der Waals surface area contributed by atoms with Crippen LogP contribution in [0.15, 0.2) is 4.52 Å². The number of nitrogens with zero attached hydrogens (tertiary/aromatic N) is 4. The van der Waals surface area contributed by atoms with Gasteiger partial charge in [-0.25, -0.2) is 0 Å². The molecule has 1 aromatic rings. The Hall–Kier alpha value is -1.51. The molecule has 2 N–H and O–H groups in total. The molecule has 1 amide bonds. The van der Waals surface area contributed by atoms with Crippen LogP contribution in [-0.4, -0.2) is 77.3 Å². The number of aromatic nitrogens is 2. The minimum Gasteiger partial charge on any atom is -0.387 e. The van der Waals surface area contributed by atoms with E-state index in [1.807, 2.05) is 7.05 Å². The molecule has 0 saturated carbocycles. The monoisotopic (exact) mass is 311 g/mol. The summed E-state index contributed by atoms with van der Waals surface area (Å²) < 4.78 is 4.79. The van der Waals surface area contributed by atoms with E-state index in [2.05, 4.69) is 32.3 Å². The van der Waals surface area contributed by atoms with Crippen molar-refractivity contribution in [2.75, 3.05) is 40.3 Å². The molecule has 124 valence electrons. The number of amides is 1. The molecule has 0 radical (unpaired) electrons. The predicted octanol–water partition coefficient (Wildman–Crippen LogP) is -0.753. The summed E-state index contributed by atoms with van der Waals surface area (Å²) in [5, 5.41) is 15.4. The standard InChI is InChI=1S/C14H25N5O3/c1-18-7-4-11(5-8-18)19(2)9-13(21)15-6-3-12-16-14(10-20)22-17-12/h11,20H,3-10H2,1-2H3,(H,15,21). The molecule has 0 aliphatic carbocycles. The molecule has 1 aliphatic heterocycles. The maximum atomic E-state index is 11.9. The van der Waals surface area contributed by atoms with Crippen LogP contribution < -0.4 is 5.32 Å². The fourth-order valence-electron chi connectivity index (χ4n) is 2.62. The van der Waals surface area contributed by atoms with Gasteiger partial charge < -0.3 is 19.8 Å². The quantitative estimate of drug-likeness (QED) is 0.684. The lowest BCUT2D eigenvalue weighted by atomic mass is 10.0. The minimum atomic E-state index is -0.263. The Balaban J connectivity index is 1.64. The molecule has 1 saturated heterocycles. The molecule has 1 aromatic heterocycles. The van der Waals surface area contributed by atoms with Gasteiger partial charge in [0.15, 0.2) is 5.82 Å². The van der Waals surface area contributed by atoms with Gasteiger partial charge in [0.2, 0.25) is 5.91 Å². The van der Waals surface area contributed by atoms with Gasteiger partial charge >= 0.3 is 0 Å². The van der Waals surface area contributed by atoms with Gasteiger partial charge in [0, 0.05) is 19.0 Å². The molecule has 2 rings (SSSR count). The van der Waals surface area contributed by atoms with E-state index >= 15 is 0 Å². The van der Waals surface area contributed by atoms with E-state index in [1.165, 1.54) is 0 Å². The number of hydrogen-bond donors (Lipinski definition) is 2. The number of carbonyl (C=O) groups is 1. The van der Waals surface area contributed by atoms with Crippen molar-refractivity contribution in [2.24, 2.45) is 0 Å². The number of carbonyl (C=O) groups excluding carboxylic acids is 1. The average Bonchev–Trinajstić information content (AvgIpc) is 2.96. The third-order valence-corrected chi connectivity index (χ3v) is 4.02. The Morgan fingerprint density at radius 1 is 1.50 bits per heavy atom. The lowest BCUT2D eigenvalue weighted by Crippen LogP contribution is -2.45. The number of rotatable bonds is 7.